The van der Waals surface area contributed by atoms with Crippen molar-refractivity contribution >= 4 is 11.6 Å². The van der Waals surface area contributed by atoms with Gasteiger partial charge < -0.3 is 11.1 Å². The molecule has 0 aliphatic heterocycles. The summed E-state index contributed by atoms with van der Waals surface area (Å²) in [5.41, 5.74) is 10.1. The van der Waals surface area contributed by atoms with Gasteiger partial charge in [0.15, 0.2) is 0 Å². The summed E-state index contributed by atoms with van der Waals surface area (Å²) in [6.45, 7) is 1.92. The lowest BCUT2D eigenvalue weighted by molar-refractivity contribution is -0.118. The third-order valence-corrected chi connectivity index (χ3v) is 3.88. The Morgan fingerprint density at radius 2 is 1.90 bits per heavy atom. The van der Waals surface area contributed by atoms with Gasteiger partial charge in [-0.2, -0.15) is 0 Å². The van der Waals surface area contributed by atoms with Crippen LogP contribution in [0, 0.1) is 0 Å². The van der Waals surface area contributed by atoms with Crippen LogP contribution < -0.4 is 11.1 Å². The average Bonchev–Trinajstić information content (AvgIpc) is 2.40. The summed E-state index contributed by atoms with van der Waals surface area (Å²) in [4.78, 5) is 12.4. The van der Waals surface area contributed by atoms with Crippen LogP contribution >= 0.6 is 0 Å². The summed E-state index contributed by atoms with van der Waals surface area (Å²) in [6, 6.07) is 15.7. The fourth-order valence-corrected chi connectivity index (χ4v) is 2.72. The molecule has 2 atom stereocenters. The fourth-order valence-electron chi connectivity index (χ4n) is 2.72. The van der Waals surface area contributed by atoms with Gasteiger partial charge in [-0.1, -0.05) is 42.5 Å². The van der Waals surface area contributed by atoms with Gasteiger partial charge in [-0.15, -0.1) is 0 Å². The summed E-state index contributed by atoms with van der Waals surface area (Å²) < 4.78 is 0. The van der Waals surface area contributed by atoms with Crippen LogP contribution in [0.1, 0.15) is 35.6 Å². The van der Waals surface area contributed by atoms with Crippen LogP contribution in [0.15, 0.2) is 48.5 Å². The average molecular weight is 266 g/mol. The van der Waals surface area contributed by atoms with Crippen LogP contribution in [0.2, 0.25) is 0 Å². The monoisotopic (exact) mass is 266 g/mol. The Balaban J connectivity index is 1.79. The fraction of sp³-hybridized carbons (Fsp3) is 0.235. The first-order valence-corrected chi connectivity index (χ1v) is 6.90. The summed E-state index contributed by atoms with van der Waals surface area (Å²) in [6.07, 6.45) is 0.822. The summed E-state index contributed by atoms with van der Waals surface area (Å²) in [7, 11) is 0. The number of hydrogen-bond acceptors (Lipinski definition) is 2. The standard InChI is InChI=1S/C17H18N2O/c1-11(18)13-7-4-5-9-16(13)19-17(20)15-10-12-6-2-3-8-14(12)15/h2-9,11,15H,10,18H2,1H3,(H,19,20). The molecule has 0 fully saturated rings. The molecule has 102 valence electrons. The molecule has 2 aromatic carbocycles. The van der Waals surface area contributed by atoms with Gasteiger partial charge in [0.1, 0.15) is 0 Å². The highest BCUT2D eigenvalue weighted by Gasteiger charge is 2.31. The van der Waals surface area contributed by atoms with Crippen molar-refractivity contribution in [2.75, 3.05) is 5.32 Å². The Kier molecular flexibility index (Phi) is 3.28. The zero-order chi connectivity index (χ0) is 14.1. The first-order chi connectivity index (χ1) is 9.66. The molecule has 0 spiro atoms. The van der Waals surface area contributed by atoms with Crippen LogP contribution in [0.4, 0.5) is 5.69 Å². The Hall–Kier alpha value is -2.13. The van der Waals surface area contributed by atoms with Gasteiger partial charge >= 0.3 is 0 Å². The van der Waals surface area contributed by atoms with Gasteiger partial charge in [-0.25, -0.2) is 0 Å². The van der Waals surface area contributed by atoms with Crippen molar-refractivity contribution in [3.05, 3.63) is 65.2 Å². The molecule has 1 aliphatic carbocycles. The molecule has 3 nitrogen and oxygen atoms in total. The van der Waals surface area contributed by atoms with Gasteiger partial charge in [0.25, 0.3) is 0 Å². The molecule has 0 heterocycles. The van der Waals surface area contributed by atoms with E-state index in [1.54, 1.807) is 0 Å². The molecule has 0 saturated heterocycles. The smallest absolute Gasteiger partial charge is 0.232 e. The first-order valence-electron chi connectivity index (χ1n) is 6.90. The van der Waals surface area contributed by atoms with Crippen molar-refractivity contribution in [3.8, 4) is 0 Å². The summed E-state index contributed by atoms with van der Waals surface area (Å²) in [5.74, 6) is 0.0177. The van der Waals surface area contributed by atoms with Crippen molar-refractivity contribution in [2.45, 2.75) is 25.3 Å². The third kappa shape index (κ3) is 2.21. The number of hydrogen-bond donors (Lipinski definition) is 2. The number of fused-ring (bicyclic) bond motifs is 1. The van der Waals surface area contributed by atoms with Gasteiger partial charge in [0, 0.05) is 11.7 Å². The molecule has 2 unspecified atom stereocenters. The number of carbonyl (C=O) groups excluding carboxylic acids is 1. The second-order valence-electron chi connectivity index (χ2n) is 5.32. The Morgan fingerprint density at radius 3 is 2.65 bits per heavy atom. The van der Waals surface area contributed by atoms with E-state index in [1.807, 2.05) is 49.4 Å². The van der Waals surface area contributed by atoms with Gasteiger partial charge in [-0.3, -0.25) is 4.79 Å². The van der Waals surface area contributed by atoms with E-state index in [9.17, 15) is 4.79 Å². The predicted octanol–water partition coefficient (Wildman–Crippen LogP) is 2.98. The normalized spacial score (nSPS) is 17.8. The zero-order valence-electron chi connectivity index (χ0n) is 11.5. The number of para-hydroxylation sites is 1. The molecule has 1 amide bonds. The minimum atomic E-state index is -0.0971. The number of nitrogens with two attached hydrogens (primary N) is 1. The molecular formula is C17H18N2O. The minimum Gasteiger partial charge on any atom is -0.325 e. The Labute approximate surface area is 118 Å². The number of benzene rings is 2. The van der Waals surface area contributed by atoms with Crippen LogP contribution in [0.3, 0.4) is 0 Å². The Bertz CT molecular complexity index is 649. The lowest BCUT2D eigenvalue weighted by Gasteiger charge is -2.29. The van der Waals surface area contributed by atoms with Crippen molar-refractivity contribution in [3.63, 3.8) is 0 Å². The van der Waals surface area contributed by atoms with E-state index in [1.165, 1.54) is 5.56 Å². The van der Waals surface area contributed by atoms with Crippen LogP contribution in [-0.4, -0.2) is 5.91 Å². The van der Waals surface area contributed by atoms with Crippen LogP contribution in [0.25, 0.3) is 0 Å². The van der Waals surface area contributed by atoms with E-state index in [4.69, 9.17) is 5.73 Å². The predicted molar refractivity (Wildman–Crippen MR) is 80.6 cm³/mol. The molecule has 1 aliphatic rings. The zero-order valence-corrected chi connectivity index (χ0v) is 11.5. The molecule has 0 aromatic heterocycles. The van der Waals surface area contributed by atoms with E-state index >= 15 is 0 Å². The highest BCUT2D eigenvalue weighted by molar-refractivity contribution is 5.98. The summed E-state index contributed by atoms with van der Waals surface area (Å²) >= 11 is 0. The van der Waals surface area contributed by atoms with Crippen molar-refractivity contribution < 1.29 is 4.79 Å². The van der Waals surface area contributed by atoms with Gasteiger partial charge in [0.05, 0.1) is 5.92 Å². The maximum absolute atomic E-state index is 12.4. The number of nitrogens with one attached hydrogen (secondary N) is 1. The van der Waals surface area contributed by atoms with Crippen molar-refractivity contribution in [1.29, 1.82) is 0 Å². The molecule has 3 rings (SSSR count). The lowest BCUT2D eigenvalue weighted by Crippen LogP contribution is -2.30. The maximum atomic E-state index is 12.4. The molecule has 20 heavy (non-hydrogen) atoms. The SMILES string of the molecule is CC(N)c1ccccc1NC(=O)C1Cc2ccccc21. The van der Waals surface area contributed by atoms with E-state index in [0.717, 1.165) is 23.2 Å². The topological polar surface area (TPSA) is 55.1 Å². The van der Waals surface area contributed by atoms with Gasteiger partial charge in [0.2, 0.25) is 5.91 Å². The largest absolute Gasteiger partial charge is 0.325 e. The second kappa shape index (κ2) is 5.10. The second-order valence-corrected chi connectivity index (χ2v) is 5.32. The van der Waals surface area contributed by atoms with E-state index in [2.05, 4.69) is 11.4 Å². The highest BCUT2D eigenvalue weighted by Crippen LogP contribution is 2.36. The van der Waals surface area contributed by atoms with E-state index in [-0.39, 0.29) is 17.9 Å². The van der Waals surface area contributed by atoms with Gasteiger partial charge in [-0.05, 0) is 36.1 Å². The van der Waals surface area contributed by atoms with E-state index < -0.39 is 0 Å². The van der Waals surface area contributed by atoms with Crippen molar-refractivity contribution in [1.82, 2.24) is 0 Å². The highest BCUT2D eigenvalue weighted by atomic mass is 16.1. The van der Waals surface area contributed by atoms with Crippen LogP contribution in [-0.2, 0) is 11.2 Å². The third-order valence-electron chi connectivity index (χ3n) is 3.88. The molecule has 3 heteroatoms. The van der Waals surface area contributed by atoms with E-state index in [0.29, 0.717) is 0 Å². The van der Waals surface area contributed by atoms with Crippen molar-refractivity contribution in [2.24, 2.45) is 5.73 Å². The lowest BCUT2D eigenvalue weighted by atomic mass is 9.77. The molecule has 2 aromatic rings. The first kappa shape index (κ1) is 12.9. The quantitative estimate of drug-likeness (QED) is 0.897. The Morgan fingerprint density at radius 1 is 1.20 bits per heavy atom. The maximum Gasteiger partial charge on any atom is 0.232 e. The minimum absolute atomic E-state index is 0.0349. The van der Waals surface area contributed by atoms with Crippen LogP contribution in [0.5, 0.6) is 0 Å². The molecule has 0 radical (unpaired) electrons. The number of amides is 1. The number of rotatable bonds is 3. The molecule has 0 bridgehead atoms. The number of carbonyl (C=O) groups is 1. The molecule has 0 saturated carbocycles. The molecule has 3 N–H and O–H groups in total. The summed E-state index contributed by atoms with van der Waals surface area (Å²) in [5, 5.41) is 3.02. The number of anilines is 1. The molecular weight excluding hydrogens is 248 g/mol.